The summed E-state index contributed by atoms with van der Waals surface area (Å²) in [6.45, 7) is 3.24. The van der Waals surface area contributed by atoms with E-state index in [1.165, 1.54) is 0 Å². The van der Waals surface area contributed by atoms with Gasteiger partial charge in [-0.2, -0.15) is 11.8 Å². The Labute approximate surface area is 85.3 Å². The smallest absolute Gasteiger partial charge is 0.0556 e. The SMILES string of the molecule is COCCCOCCSCCCN. The van der Waals surface area contributed by atoms with Crippen LogP contribution in [0.25, 0.3) is 0 Å². The Kier molecular flexibility index (Phi) is 12.4. The molecule has 4 heteroatoms. The number of hydrogen-bond donors (Lipinski definition) is 1. The third-order valence-electron chi connectivity index (χ3n) is 1.50. The molecule has 0 aliphatic heterocycles. The van der Waals surface area contributed by atoms with E-state index in [-0.39, 0.29) is 0 Å². The molecule has 0 aromatic carbocycles. The zero-order chi connectivity index (χ0) is 9.78. The molecule has 2 N–H and O–H groups in total. The van der Waals surface area contributed by atoms with E-state index in [1.54, 1.807) is 7.11 Å². The van der Waals surface area contributed by atoms with Crippen molar-refractivity contribution in [2.75, 3.05) is 45.0 Å². The molecule has 13 heavy (non-hydrogen) atoms. The third kappa shape index (κ3) is 12.2. The zero-order valence-corrected chi connectivity index (χ0v) is 9.28. The van der Waals surface area contributed by atoms with Crippen molar-refractivity contribution < 1.29 is 9.47 Å². The van der Waals surface area contributed by atoms with Crippen LogP contribution in [0.15, 0.2) is 0 Å². The van der Waals surface area contributed by atoms with Gasteiger partial charge >= 0.3 is 0 Å². The van der Waals surface area contributed by atoms with Crippen molar-refractivity contribution in [2.24, 2.45) is 5.73 Å². The fraction of sp³-hybridized carbons (Fsp3) is 1.00. The number of hydrogen-bond acceptors (Lipinski definition) is 4. The van der Waals surface area contributed by atoms with Crippen LogP contribution in [0.1, 0.15) is 12.8 Å². The Balaban J connectivity index is 2.76. The van der Waals surface area contributed by atoms with Gasteiger partial charge < -0.3 is 15.2 Å². The first-order chi connectivity index (χ1) is 6.41. The van der Waals surface area contributed by atoms with Crippen molar-refractivity contribution in [1.82, 2.24) is 0 Å². The van der Waals surface area contributed by atoms with E-state index in [0.29, 0.717) is 0 Å². The van der Waals surface area contributed by atoms with E-state index >= 15 is 0 Å². The predicted molar refractivity (Wildman–Crippen MR) is 58.3 cm³/mol. The lowest BCUT2D eigenvalue weighted by atomic mass is 10.5. The van der Waals surface area contributed by atoms with Crippen LogP contribution in [0, 0.1) is 0 Å². The summed E-state index contributed by atoms with van der Waals surface area (Å²) in [6.07, 6.45) is 2.10. The van der Waals surface area contributed by atoms with Crippen LogP contribution >= 0.6 is 11.8 Å². The minimum Gasteiger partial charge on any atom is -0.385 e. The molecule has 0 spiro atoms. The average molecular weight is 207 g/mol. The minimum atomic E-state index is 0.792. The highest BCUT2D eigenvalue weighted by molar-refractivity contribution is 7.99. The second-order valence-electron chi connectivity index (χ2n) is 2.71. The fourth-order valence-electron chi connectivity index (χ4n) is 0.813. The van der Waals surface area contributed by atoms with Crippen molar-refractivity contribution in [2.45, 2.75) is 12.8 Å². The van der Waals surface area contributed by atoms with Gasteiger partial charge in [-0.15, -0.1) is 0 Å². The highest BCUT2D eigenvalue weighted by Gasteiger charge is 1.90. The Bertz CT molecular complexity index is 83.7. The van der Waals surface area contributed by atoms with E-state index in [4.69, 9.17) is 15.2 Å². The molecule has 0 aliphatic carbocycles. The molecule has 0 aromatic rings. The van der Waals surface area contributed by atoms with Gasteiger partial charge in [0.25, 0.3) is 0 Å². The first-order valence-corrected chi connectivity index (χ1v) is 5.91. The van der Waals surface area contributed by atoms with Gasteiger partial charge in [-0.05, 0) is 25.1 Å². The lowest BCUT2D eigenvalue weighted by molar-refractivity contribution is 0.113. The number of rotatable bonds is 10. The van der Waals surface area contributed by atoms with E-state index < -0.39 is 0 Å². The number of methoxy groups -OCH3 is 1. The summed E-state index contributed by atoms with van der Waals surface area (Å²) in [5.41, 5.74) is 5.37. The van der Waals surface area contributed by atoms with Gasteiger partial charge in [-0.1, -0.05) is 0 Å². The maximum Gasteiger partial charge on any atom is 0.0556 e. The largest absolute Gasteiger partial charge is 0.385 e. The van der Waals surface area contributed by atoms with Crippen molar-refractivity contribution >= 4 is 11.8 Å². The zero-order valence-electron chi connectivity index (χ0n) is 8.46. The van der Waals surface area contributed by atoms with Crippen LogP contribution in [0.3, 0.4) is 0 Å². The lowest BCUT2D eigenvalue weighted by Gasteiger charge is -2.03. The van der Waals surface area contributed by atoms with E-state index in [0.717, 1.165) is 50.7 Å². The summed E-state index contributed by atoms with van der Waals surface area (Å²) >= 11 is 1.91. The molecule has 80 valence electrons. The molecule has 0 amide bonds. The summed E-state index contributed by atoms with van der Waals surface area (Å²) < 4.78 is 10.3. The average Bonchev–Trinajstić information content (AvgIpc) is 2.16. The van der Waals surface area contributed by atoms with Gasteiger partial charge in [-0.3, -0.25) is 0 Å². The number of ether oxygens (including phenoxy) is 2. The molecule has 0 aliphatic rings. The molecular weight excluding hydrogens is 186 g/mol. The molecule has 0 saturated heterocycles. The Hall–Kier alpha value is 0.230. The van der Waals surface area contributed by atoms with Gasteiger partial charge in [0.05, 0.1) is 6.61 Å². The minimum absolute atomic E-state index is 0.792. The highest BCUT2D eigenvalue weighted by Crippen LogP contribution is 2.00. The molecule has 0 heterocycles. The Morgan fingerprint density at radius 1 is 1.08 bits per heavy atom. The van der Waals surface area contributed by atoms with Crippen LogP contribution < -0.4 is 5.73 Å². The molecule has 0 bridgehead atoms. The normalized spacial score (nSPS) is 10.6. The molecule has 3 nitrogen and oxygen atoms in total. The van der Waals surface area contributed by atoms with Crippen molar-refractivity contribution in [3.05, 3.63) is 0 Å². The highest BCUT2D eigenvalue weighted by atomic mass is 32.2. The lowest BCUT2D eigenvalue weighted by Crippen LogP contribution is -2.04. The number of thioether (sulfide) groups is 1. The summed E-state index contributed by atoms with van der Waals surface area (Å²) in [5, 5.41) is 0. The van der Waals surface area contributed by atoms with Gasteiger partial charge in [0, 0.05) is 26.1 Å². The summed E-state index contributed by atoms with van der Waals surface area (Å²) in [4.78, 5) is 0. The first kappa shape index (κ1) is 13.2. The van der Waals surface area contributed by atoms with Gasteiger partial charge in [-0.25, -0.2) is 0 Å². The maximum absolute atomic E-state index is 5.38. The van der Waals surface area contributed by atoms with Crippen molar-refractivity contribution in [3.63, 3.8) is 0 Å². The monoisotopic (exact) mass is 207 g/mol. The molecule has 0 atom stereocenters. The van der Waals surface area contributed by atoms with Crippen LogP contribution in [0.2, 0.25) is 0 Å². The van der Waals surface area contributed by atoms with Crippen molar-refractivity contribution in [3.8, 4) is 0 Å². The van der Waals surface area contributed by atoms with Crippen LogP contribution in [-0.2, 0) is 9.47 Å². The molecular formula is C9H21NO2S. The van der Waals surface area contributed by atoms with Gasteiger partial charge in [0.15, 0.2) is 0 Å². The second-order valence-corrected chi connectivity index (χ2v) is 3.94. The second kappa shape index (κ2) is 12.2. The standard InChI is InChI=1S/C9H21NO2S/c1-11-5-3-6-12-7-9-13-8-2-4-10/h2-10H2,1H3. The van der Waals surface area contributed by atoms with Crippen molar-refractivity contribution in [1.29, 1.82) is 0 Å². The maximum atomic E-state index is 5.38. The van der Waals surface area contributed by atoms with Gasteiger partial charge in [0.1, 0.15) is 0 Å². The molecule has 0 saturated carbocycles. The summed E-state index contributed by atoms with van der Waals surface area (Å²) in [6, 6.07) is 0. The van der Waals surface area contributed by atoms with E-state index in [9.17, 15) is 0 Å². The van der Waals surface area contributed by atoms with E-state index in [1.807, 2.05) is 11.8 Å². The predicted octanol–water partition coefficient (Wildman–Crippen LogP) is 1.12. The fourth-order valence-corrected chi connectivity index (χ4v) is 1.62. The quantitative estimate of drug-likeness (QED) is 0.545. The summed E-state index contributed by atoms with van der Waals surface area (Å²) in [5.74, 6) is 2.23. The molecule has 0 aromatic heterocycles. The van der Waals surface area contributed by atoms with Crippen LogP contribution in [0.5, 0.6) is 0 Å². The molecule has 0 radical (unpaired) electrons. The number of nitrogens with two attached hydrogens (primary N) is 1. The molecule has 0 unspecified atom stereocenters. The third-order valence-corrected chi connectivity index (χ3v) is 2.53. The Morgan fingerprint density at radius 3 is 2.62 bits per heavy atom. The van der Waals surface area contributed by atoms with Gasteiger partial charge in [0.2, 0.25) is 0 Å². The topological polar surface area (TPSA) is 44.5 Å². The summed E-state index contributed by atoms with van der Waals surface area (Å²) in [7, 11) is 1.71. The van der Waals surface area contributed by atoms with Crippen LogP contribution in [0.4, 0.5) is 0 Å². The van der Waals surface area contributed by atoms with E-state index in [2.05, 4.69) is 0 Å². The molecule has 0 rings (SSSR count). The Morgan fingerprint density at radius 2 is 1.92 bits per heavy atom. The van der Waals surface area contributed by atoms with Crippen LogP contribution in [-0.4, -0.2) is 45.0 Å². The molecule has 0 fully saturated rings. The first-order valence-electron chi connectivity index (χ1n) is 4.76.